The van der Waals surface area contributed by atoms with Crippen molar-refractivity contribution >= 4 is 22.4 Å². The van der Waals surface area contributed by atoms with Gasteiger partial charge in [0, 0.05) is 13.2 Å². The van der Waals surface area contributed by atoms with Gasteiger partial charge in [-0.05, 0) is 13.8 Å². The SMILES string of the molecule is CCO[SiH2]OCC.Cl. The zero-order valence-electron chi connectivity index (χ0n) is 5.35. The van der Waals surface area contributed by atoms with Crippen molar-refractivity contribution < 1.29 is 8.85 Å². The van der Waals surface area contributed by atoms with Gasteiger partial charge in [0.05, 0.1) is 0 Å². The van der Waals surface area contributed by atoms with E-state index >= 15 is 0 Å². The Bertz CT molecular complexity index is 33.2. The summed E-state index contributed by atoms with van der Waals surface area (Å²) in [4.78, 5) is 0. The fourth-order valence-corrected chi connectivity index (χ4v) is 0.677. The molecule has 8 heavy (non-hydrogen) atoms. The van der Waals surface area contributed by atoms with Crippen LogP contribution in [0.5, 0.6) is 0 Å². The Labute approximate surface area is 59.0 Å². The van der Waals surface area contributed by atoms with Gasteiger partial charge in [0.2, 0.25) is 0 Å². The van der Waals surface area contributed by atoms with Crippen LogP contribution >= 0.6 is 12.4 Å². The molecule has 0 fully saturated rings. The monoisotopic (exact) mass is 156 g/mol. The predicted molar refractivity (Wildman–Crippen MR) is 39.0 cm³/mol. The first-order chi connectivity index (χ1) is 3.41. The molecule has 0 aliphatic rings. The highest BCUT2D eigenvalue weighted by Crippen LogP contribution is 1.70. The molecule has 4 heteroatoms. The Hall–Kier alpha value is 0.427. The Balaban J connectivity index is 0. The maximum Gasteiger partial charge on any atom is 0.304 e. The van der Waals surface area contributed by atoms with Gasteiger partial charge in [0.25, 0.3) is 0 Å². The molecule has 0 bridgehead atoms. The van der Waals surface area contributed by atoms with Crippen molar-refractivity contribution in [2.24, 2.45) is 0 Å². The summed E-state index contributed by atoms with van der Waals surface area (Å²) in [5.41, 5.74) is 0. The Kier molecular flexibility index (Phi) is 14.7. The van der Waals surface area contributed by atoms with Gasteiger partial charge in [-0.3, -0.25) is 0 Å². The Morgan fingerprint density at radius 3 is 1.75 bits per heavy atom. The van der Waals surface area contributed by atoms with Gasteiger partial charge >= 0.3 is 10.0 Å². The third kappa shape index (κ3) is 9.66. The minimum atomic E-state index is -0.589. The smallest absolute Gasteiger partial charge is 0.304 e. The first kappa shape index (κ1) is 11.3. The standard InChI is InChI=1S/C4H12O2Si.ClH/c1-3-5-7-6-4-2;/h3-4,7H2,1-2H3;1H. The van der Waals surface area contributed by atoms with Gasteiger partial charge in [0.15, 0.2) is 0 Å². The van der Waals surface area contributed by atoms with Crippen molar-refractivity contribution in [1.82, 2.24) is 0 Å². The molecular formula is C4H13ClO2Si. The lowest BCUT2D eigenvalue weighted by Gasteiger charge is -1.96. The highest BCUT2D eigenvalue weighted by Gasteiger charge is 1.79. The van der Waals surface area contributed by atoms with Crippen LogP contribution in [0.2, 0.25) is 0 Å². The fraction of sp³-hybridized carbons (Fsp3) is 1.00. The van der Waals surface area contributed by atoms with Crippen molar-refractivity contribution in [3.8, 4) is 0 Å². The van der Waals surface area contributed by atoms with Gasteiger partial charge in [-0.2, -0.15) is 0 Å². The third-order valence-electron chi connectivity index (χ3n) is 0.575. The van der Waals surface area contributed by atoms with Crippen LogP contribution in [0, 0.1) is 0 Å². The Morgan fingerprint density at radius 1 is 1.12 bits per heavy atom. The van der Waals surface area contributed by atoms with Gasteiger partial charge in [-0.25, -0.2) is 0 Å². The maximum absolute atomic E-state index is 4.99. The molecule has 0 aliphatic carbocycles. The lowest BCUT2D eigenvalue weighted by Crippen LogP contribution is -2.02. The van der Waals surface area contributed by atoms with E-state index in [2.05, 4.69) is 0 Å². The molecule has 0 radical (unpaired) electrons. The van der Waals surface area contributed by atoms with Gasteiger partial charge in [-0.15, -0.1) is 12.4 Å². The lowest BCUT2D eigenvalue weighted by atomic mass is 10.9. The molecule has 0 amide bonds. The van der Waals surface area contributed by atoms with Crippen molar-refractivity contribution in [2.45, 2.75) is 13.8 Å². The van der Waals surface area contributed by atoms with E-state index in [9.17, 15) is 0 Å². The molecule has 0 unspecified atom stereocenters. The van der Waals surface area contributed by atoms with E-state index in [1.807, 2.05) is 13.8 Å². The zero-order valence-corrected chi connectivity index (χ0v) is 7.58. The number of halogens is 1. The van der Waals surface area contributed by atoms with Crippen LogP contribution in [0.4, 0.5) is 0 Å². The molecule has 0 saturated carbocycles. The molecular weight excluding hydrogens is 144 g/mol. The summed E-state index contributed by atoms with van der Waals surface area (Å²) in [6.07, 6.45) is 0. The van der Waals surface area contributed by atoms with Crippen molar-refractivity contribution in [2.75, 3.05) is 13.2 Å². The average molecular weight is 157 g/mol. The molecule has 0 spiro atoms. The molecule has 0 aromatic carbocycles. The highest BCUT2D eigenvalue weighted by molar-refractivity contribution is 6.17. The molecule has 0 N–H and O–H groups in total. The molecule has 0 aromatic rings. The third-order valence-corrected chi connectivity index (χ3v) is 1.72. The number of hydrogen-bond donors (Lipinski definition) is 0. The molecule has 52 valence electrons. The van der Waals surface area contributed by atoms with Crippen LogP contribution < -0.4 is 0 Å². The largest absolute Gasteiger partial charge is 0.399 e. The van der Waals surface area contributed by atoms with E-state index in [0.29, 0.717) is 0 Å². The van der Waals surface area contributed by atoms with Crippen LogP contribution in [0.25, 0.3) is 0 Å². The highest BCUT2D eigenvalue weighted by atomic mass is 35.5. The number of hydrogen-bond acceptors (Lipinski definition) is 2. The summed E-state index contributed by atoms with van der Waals surface area (Å²) in [7, 11) is -0.589. The van der Waals surface area contributed by atoms with Crippen molar-refractivity contribution in [1.29, 1.82) is 0 Å². The minimum absolute atomic E-state index is 0. The fourth-order valence-electron chi connectivity index (χ4n) is 0.226. The van der Waals surface area contributed by atoms with Crippen LogP contribution in [0.15, 0.2) is 0 Å². The summed E-state index contributed by atoms with van der Waals surface area (Å²) in [6, 6.07) is 0. The lowest BCUT2D eigenvalue weighted by molar-refractivity contribution is 0.240. The summed E-state index contributed by atoms with van der Waals surface area (Å²) in [5, 5.41) is 0. The van der Waals surface area contributed by atoms with Crippen LogP contribution in [-0.4, -0.2) is 23.2 Å². The summed E-state index contributed by atoms with van der Waals surface area (Å²) < 4.78 is 9.98. The minimum Gasteiger partial charge on any atom is -0.399 e. The molecule has 2 nitrogen and oxygen atoms in total. The van der Waals surface area contributed by atoms with Gasteiger partial charge in [0.1, 0.15) is 0 Å². The normalized spacial score (nSPS) is 8.25. The quantitative estimate of drug-likeness (QED) is 0.436. The van der Waals surface area contributed by atoms with Gasteiger partial charge < -0.3 is 8.85 Å². The number of rotatable bonds is 4. The molecule has 0 saturated heterocycles. The van der Waals surface area contributed by atoms with Crippen LogP contribution in [0.3, 0.4) is 0 Å². The molecule has 0 heterocycles. The van der Waals surface area contributed by atoms with E-state index in [4.69, 9.17) is 8.85 Å². The molecule has 0 rings (SSSR count). The van der Waals surface area contributed by atoms with Gasteiger partial charge in [-0.1, -0.05) is 0 Å². The Morgan fingerprint density at radius 2 is 1.50 bits per heavy atom. The van der Waals surface area contributed by atoms with E-state index in [0.717, 1.165) is 13.2 Å². The summed E-state index contributed by atoms with van der Waals surface area (Å²) >= 11 is 0. The second-order valence-corrected chi connectivity index (χ2v) is 2.16. The second kappa shape index (κ2) is 10.4. The first-order valence-corrected chi connectivity index (χ1v) is 3.72. The van der Waals surface area contributed by atoms with E-state index in [1.165, 1.54) is 0 Å². The van der Waals surface area contributed by atoms with Crippen LogP contribution in [-0.2, 0) is 8.85 Å². The van der Waals surface area contributed by atoms with E-state index < -0.39 is 10.0 Å². The summed E-state index contributed by atoms with van der Waals surface area (Å²) in [5.74, 6) is 0. The summed E-state index contributed by atoms with van der Waals surface area (Å²) in [6.45, 7) is 5.55. The van der Waals surface area contributed by atoms with E-state index in [1.54, 1.807) is 0 Å². The van der Waals surface area contributed by atoms with Crippen LogP contribution in [0.1, 0.15) is 13.8 Å². The zero-order chi connectivity index (χ0) is 5.54. The molecule has 0 aromatic heterocycles. The second-order valence-electron chi connectivity index (χ2n) is 1.10. The van der Waals surface area contributed by atoms with E-state index in [-0.39, 0.29) is 12.4 Å². The first-order valence-electron chi connectivity index (χ1n) is 2.57. The average Bonchev–Trinajstić information content (AvgIpc) is 1.69. The predicted octanol–water partition coefficient (Wildman–Crippen LogP) is 0.480. The van der Waals surface area contributed by atoms with Crippen molar-refractivity contribution in [3.05, 3.63) is 0 Å². The topological polar surface area (TPSA) is 18.5 Å². The van der Waals surface area contributed by atoms with Crippen molar-refractivity contribution in [3.63, 3.8) is 0 Å². The maximum atomic E-state index is 4.99. The molecule has 0 atom stereocenters. The molecule has 0 aliphatic heterocycles.